The Hall–Kier alpha value is -1.70. The van der Waals surface area contributed by atoms with Crippen LogP contribution in [0.1, 0.15) is 20.8 Å². The van der Waals surface area contributed by atoms with Crippen molar-refractivity contribution in [2.45, 2.75) is 26.9 Å². The number of nitrogens with zero attached hydrogens (tertiary/aromatic N) is 2. The van der Waals surface area contributed by atoms with Crippen molar-refractivity contribution in [2.75, 3.05) is 13.4 Å². The van der Waals surface area contributed by atoms with E-state index in [9.17, 15) is 8.42 Å². The molecule has 1 unspecified atom stereocenters. The Labute approximate surface area is 119 Å². The number of hydrogen-bond acceptors (Lipinski definition) is 6. The molecule has 2 heterocycles. The standard InChI is InChI=1S/C12H20N4O3S/c1-12(2,3)8-6-7-9(19-4)16-10(8)13-14-11(16)15-20(5,17)18/h6-7,10,13H,1-5H3,(H,14,15). The first-order valence-corrected chi connectivity index (χ1v) is 8.09. The molecule has 0 amide bonds. The molecule has 2 N–H and O–H groups in total. The molecule has 0 radical (unpaired) electrons. The molecule has 0 bridgehead atoms. The van der Waals surface area contributed by atoms with Crippen molar-refractivity contribution in [1.82, 2.24) is 15.0 Å². The Kier molecular flexibility index (Phi) is 3.45. The third kappa shape index (κ3) is 2.74. The van der Waals surface area contributed by atoms with Gasteiger partial charge in [0.25, 0.3) is 0 Å². The minimum absolute atomic E-state index is 0.0816. The van der Waals surface area contributed by atoms with Gasteiger partial charge in [-0.2, -0.15) is 0 Å². The van der Waals surface area contributed by atoms with Gasteiger partial charge in [0, 0.05) is 0 Å². The first kappa shape index (κ1) is 14.7. The number of hydrazone groups is 1. The second-order valence-corrected chi connectivity index (χ2v) is 7.54. The quantitative estimate of drug-likeness (QED) is 0.776. The lowest BCUT2D eigenvalue weighted by molar-refractivity contribution is 0.170. The van der Waals surface area contributed by atoms with Crippen LogP contribution < -0.4 is 10.1 Å². The molecule has 0 spiro atoms. The van der Waals surface area contributed by atoms with Crippen molar-refractivity contribution in [3.63, 3.8) is 0 Å². The van der Waals surface area contributed by atoms with E-state index in [-0.39, 0.29) is 17.5 Å². The highest BCUT2D eigenvalue weighted by atomic mass is 32.2. The van der Waals surface area contributed by atoms with Crippen molar-refractivity contribution < 1.29 is 13.2 Å². The van der Waals surface area contributed by atoms with Gasteiger partial charge in [-0.15, -0.1) is 5.10 Å². The molecule has 0 aromatic carbocycles. The second kappa shape index (κ2) is 4.69. The Morgan fingerprint density at radius 3 is 2.55 bits per heavy atom. The molecule has 0 saturated heterocycles. The minimum atomic E-state index is -3.41. The summed E-state index contributed by atoms with van der Waals surface area (Å²) in [5.74, 6) is 0.739. The molecule has 2 rings (SSSR count). The summed E-state index contributed by atoms with van der Waals surface area (Å²) in [6.07, 6.45) is 4.62. The molecule has 2 aliphatic rings. The summed E-state index contributed by atoms with van der Waals surface area (Å²) < 4.78 is 30.5. The smallest absolute Gasteiger partial charge is 0.238 e. The van der Waals surface area contributed by atoms with Crippen LogP contribution in [0.25, 0.3) is 0 Å². The van der Waals surface area contributed by atoms with Crippen molar-refractivity contribution in [3.8, 4) is 0 Å². The van der Waals surface area contributed by atoms with E-state index in [0.717, 1.165) is 11.8 Å². The molecule has 0 aliphatic carbocycles. The predicted molar refractivity (Wildman–Crippen MR) is 76.8 cm³/mol. The van der Waals surface area contributed by atoms with E-state index in [1.165, 1.54) is 7.11 Å². The van der Waals surface area contributed by atoms with Crippen LogP contribution in [0.5, 0.6) is 0 Å². The third-order valence-corrected chi connectivity index (χ3v) is 3.62. The van der Waals surface area contributed by atoms with Crippen LogP contribution in [0.2, 0.25) is 0 Å². The van der Waals surface area contributed by atoms with E-state index >= 15 is 0 Å². The maximum atomic E-state index is 11.4. The molecule has 112 valence electrons. The van der Waals surface area contributed by atoms with E-state index in [4.69, 9.17) is 4.74 Å². The van der Waals surface area contributed by atoms with E-state index < -0.39 is 10.0 Å². The Bertz CT molecular complexity index is 599. The fraction of sp³-hybridized carbons (Fsp3) is 0.583. The van der Waals surface area contributed by atoms with Gasteiger partial charge in [-0.25, -0.2) is 8.42 Å². The Balaban J connectivity index is 2.37. The molecule has 1 atom stereocenters. The molecule has 8 heteroatoms. The number of methoxy groups -OCH3 is 1. The van der Waals surface area contributed by atoms with E-state index in [0.29, 0.717) is 5.88 Å². The zero-order valence-electron chi connectivity index (χ0n) is 12.3. The lowest BCUT2D eigenvalue weighted by atomic mass is 9.83. The van der Waals surface area contributed by atoms with Crippen molar-refractivity contribution in [3.05, 3.63) is 23.6 Å². The molecule has 0 saturated carbocycles. The van der Waals surface area contributed by atoms with Crippen LogP contribution in [0, 0.1) is 5.41 Å². The summed E-state index contributed by atoms with van der Waals surface area (Å²) in [7, 11) is -1.87. The Morgan fingerprint density at radius 2 is 2.05 bits per heavy atom. The molecule has 7 nitrogen and oxygen atoms in total. The van der Waals surface area contributed by atoms with Gasteiger partial charge in [-0.05, 0) is 17.1 Å². The largest absolute Gasteiger partial charge is 0.482 e. The van der Waals surface area contributed by atoms with Crippen molar-refractivity contribution >= 4 is 16.0 Å². The SMILES string of the molecule is COC1=CC=C(C(C)(C)C)C2NN=C(NS(C)(=O)=O)N12. The van der Waals surface area contributed by atoms with Gasteiger partial charge in [-0.3, -0.25) is 15.0 Å². The van der Waals surface area contributed by atoms with E-state index in [1.54, 1.807) is 4.90 Å². The lowest BCUT2D eigenvalue weighted by Gasteiger charge is -2.37. The van der Waals surface area contributed by atoms with E-state index in [1.807, 2.05) is 12.2 Å². The molecule has 0 aromatic rings. The number of ether oxygens (including phenoxy) is 1. The van der Waals surface area contributed by atoms with Crippen LogP contribution in [0.4, 0.5) is 0 Å². The number of nitrogens with one attached hydrogen (secondary N) is 2. The number of allylic oxidation sites excluding steroid dienone is 2. The monoisotopic (exact) mass is 300 g/mol. The van der Waals surface area contributed by atoms with Crippen LogP contribution in [-0.2, 0) is 14.8 Å². The summed E-state index contributed by atoms with van der Waals surface area (Å²) in [6.45, 7) is 6.27. The highest BCUT2D eigenvalue weighted by molar-refractivity contribution is 7.89. The van der Waals surface area contributed by atoms with Gasteiger partial charge in [0.1, 0.15) is 6.17 Å². The van der Waals surface area contributed by atoms with Gasteiger partial charge in [0.15, 0.2) is 5.88 Å². The molecular weight excluding hydrogens is 280 g/mol. The molecule has 20 heavy (non-hydrogen) atoms. The highest BCUT2D eigenvalue weighted by Crippen LogP contribution is 2.35. The van der Waals surface area contributed by atoms with Crippen LogP contribution in [0.15, 0.2) is 28.7 Å². The van der Waals surface area contributed by atoms with Gasteiger partial charge in [0.05, 0.1) is 13.4 Å². The average molecular weight is 300 g/mol. The first-order valence-electron chi connectivity index (χ1n) is 6.20. The zero-order chi connectivity index (χ0) is 15.1. The average Bonchev–Trinajstić information content (AvgIpc) is 2.68. The van der Waals surface area contributed by atoms with Crippen LogP contribution in [-0.4, -0.2) is 38.8 Å². The zero-order valence-corrected chi connectivity index (χ0v) is 13.1. The van der Waals surface area contributed by atoms with Gasteiger partial charge >= 0.3 is 0 Å². The summed E-state index contributed by atoms with van der Waals surface area (Å²) in [5.41, 5.74) is 3.96. The van der Waals surface area contributed by atoms with E-state index in [2.05, 4.69) is 36.0 Å². The maximum absolute atomic E-state index is 11.4. The first-order chi connectivity index (χ1) is 9.13. The molecule has 0 fully saturated rings. The Morgan fingerprint density at radius 1 is 1.40 bits per heavy atom. The molecule has 0 aromatic heterocycles. The van der Waals surface area contributed by atoms with Gasteiger partial charge in [-0.1, -0.05) is 26.8 Å². The number of rotatable bonds is 2. The van der Waals surface area contributed by atoms with Crippen LogP contribution in [0.3, 0.4) is 0 Å². The fourth-order valence-electron chi connectivity index (χ4n) is 2.19. The van der Waals surface area contributed by atoms with Gasteiger partial charge < -0.3 is 4.74 Å². The van der Waals surface area contributed by atoms with Crippen molar-refractivity contribution in [1.29, 1.82) is 0 Å². The molecular formula is C12H20N4O3S. The highest BCUT2D eigenvalue weighted by Gasteiger charge is 2.40. The third-order valence-electron chi connectivity index (χ3n) is 3.07. The summed E-state index contributed by atoms with van der Waals surface area (Å²) in [5, 5.41) is 4.07. The topological polar surface area (TPSA) is 83.0 Å². The summed E-state index contributed by atoms with van der Waals surface area (Å²) in [4.78, 5) is 1.70. The number of guanidine groups is 1. The lowest BCUT2D eigenvalue weighted by Crippen LogP contribution is -2.50. The summed E-state index contributed by atoms with van der Waals surface area (Å²) >= 11 is 0. The van der Waals surface area contributed by atoms with Gasteiger partial charge in [0.2, 0.25) is 16.0 Å². The summed E-state index contributed by atoms with van der Waals surface area (Å²) in [6, 6.07) is 0. The minimum Gasteiger partial charge on any atom is -0.482 e. The molecule has 2 aliphatic heterocycles. The number of sulfonamides is 1. The normalized spacial score (nSPS) is 22.4. The van der Waals surface area contributed by atoms with Crippen molar-refractivity contribution in [2.24, 2.45) is 10.5 Å². The fourth-order valence-corrected chi connectivity index (χ4v) is 2.67. The number of fused-ring (bicyclic) bond motifs is 1. The second-order valence-electron chi connectivity index (χ2n) is 5.79. The van der Waals surface area contributed by atoms with Crippen LogP contribution >= 0.6 is 0 Å². The predicted octanol–water partition coefficient (Wildman–Crippen LogP) is 0.512. The maximum Gasteiger partial charge on any atom is 0.238 e. The number of hydrogen-bond donors (Lipinski definition) is 2.